The van der Waals surface area contributed by atoms with E-state index in [-0.39, 0.29) is 0 Å². The summed E-state index contributed by atoms with van der Waals surface area (Å²) in [5.74, 6) is 0. The summed E-state index contributed by atoms with van der Waals surface area (Å²) in [5, 5.41) is 10.0. The number of hydrogen-bond donors (Lipinski definition) is 1. The second-order valence-electron chi connectivity index (χ2n) is 4.68. The normalized spacial score (nSPS) is 20.2. The molecule has 0 aromatic heterocycles. The Morgan fingerprint density at radius 3 is 1.79 bits per heavy atom. The number of aliphatic hydroxyl groups excluding tert-OH is 1. The third kappa shape index (κ3) is 2.70. The Morgan fingerprint density at radius 2 is 1.71 bits per heavy atom. The van der Waals surface area contributed by atoms with Crippen LogP contribution in [0.3, 0.4) is 0 Å². The highest BCUT2D eigenvalue weighted by molar-refractivity contribution is 9.11. The summed E-state index contributed by atoms with van der Waals surface area (Å²) < 4.78 is 21.9. The van der Waals surface area contributed by atoms with Crippen molar-refractivity contribution in [3.63, 3.8) is 0 Å². The maximum atomic E-state index is 11.6. The van der Waals surface area contributed by atoms with Crippen molar-refractivity contribution in [3.05, 3.63) is 0 Å². The van der Waals surface area contributed by atoms with Gasteiger partial charge in [0, 0.05) is 6.26 Å². The van der Waals surface area contributed by atoms with Crippen LogP contribution in [0.15, 0.2) is 0 Å². The van der Waals surface area contributed by atoms with Gasteiger partial charge in [-0.15, -0.1) is 0 Å². The van der Waals surface area contributed by atoms with Gasteiger partial charge in [-0.2, -0.15) is 0 Å². The maximum absolute atomic E-state index is 11.6. The van der Waals surface area contributed by atoms with Crippen LogP contribution in [0.25, 0.3) is 0 Å². The Balaban J connectivity index is 5.29. The van der Waals surface area contributed by atoms with Gasteiger partial charge in [0.15, 0.2) is 13.5 Å². The van der Waals surface area contributed by atoms with Crippen molar-refractivity contribution >= 4 is 25.8 Å². The third-order valence-electron chi connectivity index (χ3n) is 2.33. The molecule has 0 spiro atoms. The summed E-state index contributed by atoms with van der Waals surface area (Å²) in [7, 11) is -3.33. The van der Waals surface area contributed by atoms with E-state index in [0.717, 1.165) is 6.26 Å². The lowest BCUT2D eigenvalue weighted by molar-refractivity contribution is 0.0510. The minimum atomic E-state index is -3.33. The summed E-state index contributed by atoms with van der Waals surface area (Å²) in [6, 6.07) is 0. The van der Waals surface area contributed by atoms with Crippen LogP contribution < -0.4 is 0 Å². The van der Waals surface area contributed by atoms with Crippen molar-refractivity contribution in [1.29, 1.82) is 0 Å². The van der Waals surface area contributed by atoms with Crippen molar-refractivity contribution < 1.29 is 13.5 Å². The molecule has 0 saturated heterocycles. The molecule has 86 valence electrons. The molecule has 0 aliphatic rings. The Kier molecular flexibility index (Phi) is 4.21. The molecule has 0 aromatic rings. The fourth-order valence-corrected chi connectivity index (χ4v) is 3.28. The van der Waals surface area contributed by atoms with Crippen LogP contribution in [0.2, 0.25) is 0 Å². The van der Waals surface area contributed by atoms with Gasteiger partial charge < -0.3 is 5.11 Å². The molecule has 0 amide bonds. The van der Waals surface area contributed by atoms with Crippen LogP contribution in [0.1, 0.15) is 34.1 Å². The van der Waals surface area contributed by atoms with Gasteiger partial charge in [-0.1, -0.05) is 43.6 Å². The van der Waals surface area contributed by atoms with Gasteiger partial charge in [0.2, 0.25) is 0 Å². The van der Waals surface area contributed by atoms with Crippen molar-refractivity contribution in [3.8, 4) is 0 Å². The molecule has 0 heterocycles. The summed E-state index contributed by atoms with van der Waals surface area (Å²) in [6.45, 7) is 7.18. The van der Waals surface area contributed by atoms with Gasteiger partial charge in [-0.3, -0.25) is 0 Å². The van der Waals surface area contributed by atoms with Crippen LogP contribution in [0.5, 0.6) is 0 Å². The first-order valence-corrected chi connectivity index (χ1v) is 7.22. The number of halogens is 1. The van der Waals surface area contributed by atoms with Gasteiger partial charge in [-0.25, -0.2) is 8.42 Å². The molecule has 0 aliphatic heterocycles. The average molecular weight is 287 g/mol. The minimum Gasteiger partial charge on any atom is -0.390 e. The van der Waals surface area contributed by atoms with Crippen LogP contribution in [0.4, 0.5) is 0 Å². The van der Waals surface area contributed by atoms with Gasteiger partial charge in [-0.05, 0) is 11.8 Å². The van der Waals surface area contributed by atoms with Gasteiger partial charge in [0.25, 0.3) is 0 Å². The van der Waals surface area contributed by atoms with Crippen molar-refractivity contribution in [2.75, 3.05) is 6.26 Å². The largest absolute Gasteiger partial charge is 0.390 e. The van der Waals surface area contributed by atoms with E-state index in [1.54, 1.807) is 6.92 Å². The molecule has 14 heavy (non-hydrogen) atoms. The highest BCUT2D eigenvalue weighted by atomic mass is 79.9. The zero-order valence-corrected chi connectivity index (χ0v) is 11.7. The van der Waals surface area contributed by atoms with Crippen LogP contribution in [0, 0.1) is 5.41 Å². The Bertz CT molecular complexity index is 292. The molecule has 0 aromatic carbocycles. The van der Waals surface area contributed by atoms with E-state index in [0.29, 0.717) is 6.42 Å². The molecular formula is C9H19BrO3S. The highest BCUT2D eigenvalue weighted by Crippen LogP contribution is 2.40. The summed E-state index contributed by atoms with van der Waals surface area (Å²) in [4.78, 5) is 0. The molecule has 0 rings (SSSR count). The summed E-state index contributed by atoms with van der Waals surface area (Å²) in [5.41, 5.74) is -0.470. The van der Waals surface area contributed by atoms with E-state index in [2.05, 4.69) is 15.9 Å². The Labute approximate surface area is 94.9 Å². The molecule has 0 bridgehead atoms. The second-order valence-corrected chi connectivity index (χ2v) is 8.89. The monoisotopic (exact) mass is 286 g/mol. The molecule has 5 heteroatoms. The molecular weight excluding hydrogens is 268 g/mol. The zero-order valence-electron chi connectivity index (χ0n) is 9.33. The maximum Gasteiger partial charge on any atom is 0.165 e. The van der Waals surface area contributed by atoms with E-state index < -0.39 is 25.0 Å². The summed E-state index contributed by atoms with van der Waals surface area (Å²) >= 11 is 3.17. The van der Waals surface area contributed by atoms with Gasteiger partial charge in [0.05, 0.1) is 6.10 Å². The first-order valence-electron chi connectivity index (χ1n) is 4.53. The lowest BCUT2D eigenvalue weighted by atomic mass is 9.86. The molecule has 1 N–H and O–H groups in total. The van der Waals surface area contributed by atoms with E-state index in [4.69, 9.17) is 0 Å². The van der Waals surface area contributed by atoms with E-state index in [1.807, 2.05) is 20.8 Å². The van der Waals surface area contributed by atoms with Crippen LogP contribution in [-0.4, -0.2) is 29.5 Å². The number of rotatable bonds is 3. The topological polar surface area (TPSA) is 54.4 Å². The van der Waals surface area contributed by atoms with Crippen molar-refractivity contribution in [1.82, 2.24) is 0 Å². The van der Waals surface area contributed by atoms with Crippen molar-refractivity contribution in [2.45, 2.75) is 43.9 Å². The minimum absolute atomic E-state index is 0.338. The second kappa shape index (κ2) is 4.10. The number of sulfone groups is 1. The number of alkyl halides is 1. The first kappa shape index (κ1) is 14.4. The predicted molar refractivity (Wildman–Crippen MR) is 62.3 cm³/mol. The lowest BCUT2D eigenvalue weighted by Gasteiger charge is -2.37. The third-order valence-corrected chi connectivity index (χ3v) is 6.83. The van der Waals surface area contributed by atoms with Crippen molar-refractivity contribution in [2.24, 2.45) is 5.41 Å². The molecule has 0 radical (unpaired) electrons. The molecule has 3 nitrogen and oxygen atoms in total. The predicted octanol–water partition coefficient (Wildman–Crippen LogP) is 1.94. The quantitative estimate of drug-likeness (QED) is 0.807. The van der Waals surface area contributed by atoms with E-state index >= 15 is 0 Å². The molecule has 0 aliphatic carbocycles. The molecule has 0 unspecified atom stereocenters. The lowest BCUT2D eigenvalue weighted by Crippen LogP contribution is -2.49. The number of aliphatic hydroxyl groups is 1. The zero-order chi connectivity index (χ0) is 11.8. The Morgan fingerprint density at radius 1 is 1.36 bits per heavy atom. The molecule has 0 saturated carbocycles. The van der Waals surface area contributed by atoms with Crippen LogP contribution >= 0.6 is 15.9 Å². The van der Waals surface area contributed by atoms with E-state index in [1.165, 1.54) is 0 Å². The standard InChI is InChI=1S/C9H19BrO3S/c1-6-9(10,14(5,12)13)7(11)8(2,3)4/h7,11H,6H2,1-5H3/t7-,9-/m1/s1. The fraction of sp³-hybridized carbons (Fsp3) is 1.00. The molecule has 2 atom stereocenters. The SMILES string of the molecule is CC[C@](Br)([C@H](O)C(C)(C)C)S(C)(=O)=O. The van der Waals surface area contributed by atoms with Gasteiger partial charge in [0.1, 0.15) is 0 Å². The van der Waals surface area contributed by atoms with Gasteiger partial charge >= 0.3 is 0 Å². The smallest absolute Gasteiger partial charge is 0.165 e. The summed E-state index contributed by atoms with van der Waals surface area (Å²) in [6.07, 6.45) is 0.541. The fourth-order valence-electron chi connectivity index (χ4n) is 1.30. The highest BCUT2D eigenvalue weighted by Gasteiger charge is 2.48. The number of hydrogen-bond acceptors (Lipinski definition) is 3. The molecule has 0 fully saturated rings. The average Bonchev–Trinajstić information content (AvgIpc) is 1.97. The Hall–Kier alpha value is 0.390. The van der Waals surface area contributed by atoms with E-state index in [9.17, 15) is 13.5 Å². The van der Waals surface area contributed by atoms with Crippen LogP contribution in [-0.2, 0) is 9.84 Å². The first-order chi connectivity index (χ1) is 5.97.